The first-order valence-corrected chi connectivity index (χ1v) is 129. The molecule has 0 spiro atoms. The van der Waals surface area contributed by atoms with Gasteiger partial charge in [0.15, 0.2) is 0 Å². The number of rotatable bonds is 28. The standard InChI is InChI=1S/C65H78F6O8S2.S68/c1-59(2,3)47-21-17-45(18-22-47)57-51(41-53(80-57)43-13-25-49(26-14-43)61(7,8)78-39-37-76-35-33-74-31-29-72-11)55-56(64(68,69)65(70,71)63(55,66)67)52-42-54(81-58(52)46-19-23-48(24-20-46)60(4,5)6)44-15-27-50(28-16-44)62(9,10)79-40-38-77-36-34-75-32-30-73-12;1-3-5-7-9-11-13-15-17-19-21-23-25-27-29-31-33-35-37-39-41-43-45-47-49-51-53-55-57-59-61-63-65-67-68-66-64-62-60-58-56-54-52-50-48-46-44-42-40-38-36-34-32-30-28-26-24-22-20-18-16-14-12-10-8-6-4-2/h13-28,41-42H,29-40H2,1-12H3;. The van der Waals surface area contributed by atoms with Gasteiger partial charge in [0, 0.05) is 664 Å². The lowest BCUT2D eigenvalue weighted by molar-refractivity contribution is -0.254. The largest absolute Gasteiger partial charge is 0.382 e. The van der Waals surface area contributed by atoms with Gasteiger partial charge in [0.2, 0.25) is 0 Å². The fraction of sp³-hybridized carbons (Fsp3) is 0.477. The second-order valence-corrected chi connectivity index (χ2v) is 146. The minimum Gasteiger partial charge on any atom is -0.382 e. The van der Waals surface area contributed by atoms with E-state index in [9.17, 15) is 0 Å². The number of hydrogen-bond donors (Lipinski definition) is 0. The Kier molecular flexibility index (Phi) is 91.3. The third kappa shape index (κ3) is 64.2. The smallest absolute Gasteiger partial charge is 0.380 e. The Morgan fingerprint density at radius 1 is 0.228 bits per heavy atom. The molecular formula is C65H78F6O8S70. The molecule has 2 aromatic heterocycles. The zero-order chi connectivity index (χ0) is 108. The van der Waals surface area contributed by atoms with Crippen LogP contribution in [0, 0.1) is 0 Å². The van der Waals surface area contributed by atoms with Gasteiger partial charge in [-0.3, -0.25) is 0 Å². The van der Waals surface area contributed by atoms with Gasteiger partial charge < -0.3 is 37.9 Å². The summed E-state index contributed by atoms with van der Waals surface area (Å²) in [4.78, 5) is 1.13. The summed E-state index contributed by atoms with van der Waals surface area (Å²) in [6.45, 7) is 24.6. The summed E-state index contributed by atoms with van der Waals surface area (Å²) in [6, 6.07) is 31.6. The summed E-state index contributed by atoms with van der Waals surface area (Å²) in [5.41, 5.74) is -0.313. The number of methoxy groups -OCH3 is 2. The van der Waals surface area contributed by atoms with Gasteiger partial charge in [-0.2, -0.15) is 26.3 Å². The van der Waals surface area contributed by atoms with Crippen LogP contribution in [0.4, 0.5) is 26.3 Å². The number of allylic oxidation sites excluding steroid dienone is 2. The van der Waals surface area contributed by atoms with E-state index in [0.717, 1.165) is 44.9 Å². The van der Waals surface area contributed by atoms with Crippen molar-refractivity contribution in [1.29, 1.82) is 0 Å². The van der Waals surface area contributed by atoms with E-state index in [-0.39, 0.29) is 20.6 Å². The number of hydrogen-bond acceptors (Lipinski definition) is 12. The number of ether oxygens (including phenoxy) is 8. The van der Waals surface area contributed by atoms with Crippen LogP contribution in [0.2, 0.25) is 0 Å². The molecule has 848 valence electrons. The van der Waals surface area contributed by atoms with Crippen molar-refractivity contribution in [3.63, 3.8) is 0 Å². The van der Waals surface area contributed by atoms with Crippen molar-refractivity contribution in [3.8, 4) is 41.8 Å². The summed E-state index contributed by atoms with van der Waals surface area (Å²) >= 11 is 11.8. The van der Waals surface area contributed by atoms with Crippen LogP contribution in [0.25, 0.3) is 52.9 Å². The molecule has 1 aliphatic carbocycles. The van der Waals surface area contributed by atoms with Crippen LogP contribution < -0.4 is 0 Å². The molecular weight excluding hydrogens is 3270 g/mol. The van der Waals surface area contributed by atoms with Crippen molar-refractivity contribution in [3.05, 3.63) is 143 Å². The summed E-state index contributed by atoms with van der Waals surface area (Å²) < 4.78 is 147. The van der Waals surface area contributed by atoms with Crippen molar-refractivity contribution in [2.24, 2.45) is 0 Å². The van der Waals surface area contributed by atoms with Crippen molar-refractivity contribution >= 4 is 642 Å². The van der Waals surface area contributed by atoms with Gasteiger partial charge in [0.25, 0.3) is 0 Å². The van der Waals surface area contributed by atoms with Crippen LogP contribution in [0.5, 0.6) is 0 Å². The molecule has 8 nitrogen and oxygen atoms in total. The summed E-state index contributed by atoms with van der Waals surface area (Å²) in [5.74, 6) is -16.5. The monoisotopic (exact) mass is 3340 g/mol. The molecule has 0 unspecified atom stereocenters. The fourth-order valence-electron chi connectivity index (χ4n) is 10.1. The van der Waals surface area contributed by atoms with Gasteiger partial charge in [0.1, 0.15) is 0 Å². The Morgan fingerprint density at radius 2 is 0.396 bits per heavy atom. The predicted molar refractivity (Wildman–Crippen MR) is 815 cm³/mol. The average Bonchev–Trinajstić information content (AvgIpc) is 1.52. The SMILES string of the molecule is COCCOCCOCCOC(C)(C)c1ccc(-c2cc(C3=C(c4cc(-c5ccc(C(C)(C)OCCOCCOCCOC)cc5)sc4-c4ccc(C(C)(C)C)cc4)C(F)(F)C(F)(F)C3(F)F)c(-c3ccc(C(C)(C)C)cc3)s2)cc1.S=S=S=S=S=S=S=S=S=S=S=S=S=S=S=S=S=S=S=S=S=S=S=S=S=S=S=S=S=S=S=S=S=S=S=S=S=S=S=S=S=S=S=S=S=S=S=S=S=S=S=S=S=S=S=S=S=S=S=S=S=S=S=S=S=S=S=S. The quantitative estimate of drug-likeness (QED) is 0.0350. The first-order valence-electron chi connectivity index (χ1n) is 38.5. The van der Waals surface area contributed by atoms with Crippen LogP contribution in [0.15, 0.2) is 109 Å². The minimum atomic E-state index is -5.82. The maximum absolute atomic E-state index is 17.3. The average molecular weight is 3350 g/mol. The molecule has 1 aliphatic rings. The molecule has 7 rings (SSSR count). The lowest BCUT2D eigenvalue weighted by atomic mass is 9.86. The van der Waals surface area contributed by atoms with E-state index in [4.69, 9.17) is 60.3 Å². The number of alkyl halides is 6. The van der Waals surface area contributed by atoms with E-state index in [1.807, 2.05) is 580 Å². The van der Waals surface area contributed by atoms with Gasteiger partial charge in [-0.1, -0.05) is 139 Å². The number of halogens is 6. The molecule has 0 N–H and O–H groups in total. The van der Waals surface area contributed by atoms with Crippen molar-refractivity contribution in [1.82, 2.24) is 0 Å². The van der Waals surface area contributed by atoms with Gasteiger partial charge in [-0.05, 0) is 95.2 Å². The highest BCUT2D eigenvalue weighted by Crippen LogP contribution is 2.67. The Hall–Kier alpha value is 10.2. The molecule has 0 amide bonds. The van der Waals surface area contributed by atoms with Crippen LogP contribution in [-0.4, -0.2) is 111 Å². The zero-order valence-electron chi connectivity index (χ0n) is 76.5. The lowest BCUT2D eigenvalue weighted by Gasteiger charge is -2.26. The van der Waals surface area contributed by atoms with Crippen molar-refractivity contribution in [2.45, 2.75) is 109 Å². The van der Waals surface area contributed by atoms with Crippen molar-refractivity contribution in [2.75, 3.05) is 93.5 Å². The van der Waals surface area contributed by atoms with Gasteiger partial charge >= 0.3 is 17.8 Å². The van der Waals surface area contributed by atoms with E-state index in [1.54, 1.807) is 169 Å². The molecule has 0 saturated heterocycles. The topological polar surface area (TPSA) is 73.8 Å². The summed E-state index contributed by atoms with van der Waals surface area (Å²) in [5, 5.41) is 0. The van der Waals surface area contributed by atoms with E-state index in [0.29, 0.717) is 111 Å². The maximum atomic E-state index is 17.3. The normalized spacial score (nSPS) is 12.0. The van der Waals surface area contributed by atoms with Gasteiger partial charge in [0.05, 0.1) is 90.5 Å². The van der Waals surface area contributed by atoms with E-state index < -0.39 is 51.2 Å². The fourth-order valence-corrected chi connectivity index (χ4v) is 188. The molecule has 149 heavy (non-hydrogen) atoms. The predicted octanol–water partition coefficient (Wildman–Crippen LogP) is 16.6. The maximum Gasteiger partial charge on any atom is 0.380 e. The first kappa shape index (κ1) is 148. The Morgan fingerprint density at radius 3 is 0.577 bits per heavy atom. The highest BCUT2D eigenvalue weighted by Gasteiger charge is 2.80. The number of thiophene rings is 2. The molecule has 84 heteroatoms. The Bertz CT molecular complexity index is 8650. The third-order valence-electron chi connectivity index (χ3n) is 16.2. The molecule has 0 fully saturated rings. The molecule has 2 heterocycles. The van der Waals surface area contributed by atoms with E-state index in [1.165, 1.54) is 29.9 Å². The minimum absolute atomic E-state index is 0.147. The zero-order valence-corrected chi connectivity index (χ0v) is 134. The van der Waals surface area contributed by atoms with Crippen LogP contribution in [0.1, 0.15) is 103 Å². The van der Waals surface area contributed by atoms with Crippen LogP contribution >= 0.6 is 22.7 Å². The summed E-state index contributed by atoms with van der Waals surface area (Å²) in [7, 11) is 122. The summed E-state index contributed by atoms with van der Waals surface area (Å²) in [6.07, 6.45) is 0. The highest BCUT2D eigenvalue weighted by atomic mass is 33.5. The molecule has 0 atom stereocenters. The van der Waals surface area contributed by atoms with E-state index >= 15 is 26.3 Å². The first-order chi connectivity index (χ1) is 72.1. The van der Waals surface area contributed by atoms with Crippen LogP contribution in [-0.2, 0) is 668 Å². The number of benzene rings is 4. The molecule has 6 aromatic rings. The second kappa shape index (κ2) is 92.0. The van der Waals surface area contributed by atoms with Gasteiger partial charge in [-0.15, -0.1) is 22.7 Å². The van der Waals surface area contributed by atoms with Crippen molar-refractivity contribution < 1.29 is 64.2 Å². The highest BCUT2D eigenvalue weighted by molar-refractivity contribution is 8.84. The molecule has 4 aromatic carbocycles. The molecule has 0 radical (unpaired) electrons. The molecule has 0 aliphatic heterocycles. The van der Waals surface area contributed by atoms with Gasteiger partial charge in [-0.25, -0.2) is 0 Å². The third-order valence-corrected chi connectivity index (χ3v) is 163. The molecule has 0 saturated carbocycles. The van der Waals surface area contributed by atoms with E-state index in [2.05, 4.69) is 0 Å². The lowest BCUT2D eigenvalue weighted by Crippen LogP contribution is -2.48. The second-order valence-electron chi connectivity index (χ2n) is 27.6. The van der Waals surface area contributed by atoms with Crippen LogP contribution in [0.3, 0.4) is 0 Å². The molecule has 0 bridgehead atoms. The Balaban J connectivity index is 0.000000463. The Labute approximate surface area is 1070 Å².